The van der Waals surface area contributed by atoms with Crippen LogP contribution in [0.3, 0.4) is 0 Å². The van der Waals surface area contributed by atoms with Crippen molar-refractivity contribution in [2.24, 2.45) is 5.41 Å². The molecule has 0 amide bonds. The van der Waals surface area contributed by atoms with Crippen LogP contribution < -0.4 is 4.74 Å². The fourth-order valence-electron chi connectivity index (χ4n) is 3.88. The summed E-state index contributed by atoms with van der Waals surface area (Å²) >= 11 is 0. The maximum absolute atomic E-state index is 12.2. The molecule has 3 heteroatoms. The van der Waals surface area contributed by atoms with Crippen LogP contribution in [-0.2, 0) is 4.79 Å². The van der Waals surface area contributed by atoms with Gasteiger partial charge in [-0.05, 0) is 25.0 Å². The number of benzene rings is 1. The largest absolute Gasteiger partial charge is 0.487 e. The molecule has 1 unspecified atom stereocenters. The number of ketones is 1. The number of ether oxygens (including phenoxy) is 1. The molecule has 2 aliphatic rings. The van der Waals surface area contributed by atoms with Crippen molar-refractivity contribution in [2.45, 2.75) is 44.6 Å². The molecule has 3 nitrogen and oxygen atoms in total. The van der Waals surface area contributed by atoms with E-state index < -0.39 is 0 Å². The van der Waals surface area contributed by atoms with Gasteiger partial charge in [-0.2, -0.15) is 0 Å². The number of hydrogen-bond acceptors (Lipinski definition) is 3. The van der Waals surface area contributed by atoms with E-state index in [1.165, 1.54) is 6.42 Å². The summed E-state index contributed by atoms with van der Waals surface area (Å²) in [6.07, 6.45) is 7.93. The van der Waals surface area contributed by atoms with Gasteiger partial charge in [0, 0.05) is 18.0 Å². The van der Waals surface area contributed by atoms with Crippen LogP contribution in [0.5, 0.6) is 5.75 Å². The molecule has 0 saturated heterocycles. The number of pyridine rings is 1. The minimum absolute atomic E-state index is 0.0397. The summed E-state index contributed by atoms with van der Waals surface area (Å²) in [5.74, 6) is 1.22. The van der Waals surface area contributed by atoms with E-state index in [1.54, 1.807) is 6.20 Å². The van der Waals surface area contributed by atoms with Crippen LogP contribution in [0, 0.1) is 5.41 Å². The Kier molecular flexibility index (Phi) is 2.95. The van der Waals surface area contributed by atoms with Gasteiger partial charge < -0.3 is 4.74 Å². The van der Waals surface area contributed by atoms with Gasteiger partial charge in [0.25, 0.3) is 0 Å². The van der Waals surface area contributed by atoms with E-state index in [0.29, 0.717) is 12.2 Å². The Morgan fingerprint density at radius 2 is 1.90 bits per heavy atom. The molecule has 1 spiro atoms. The van der Waals surface area contributed by atoms with E-state index in [2.05, 4.69) is 4.98 Å². The average Bonchev–Trinajstić information content (AvgIpc) is 2.55. The molecule has 0 aliphatic heterocycles. The first-order valence-corrected chi connectivity index (χ1v) is 7.83. The zero-order valence-corrected chi connectivity index (χ0v) is 12.0. The highest BCUT2D eigenvalue weighted by Gasteiger charge is 2.56. The molecule has 1 aromatic carbocycles. The van der Waals surface area contributed by atoms with Crippen molar-refractivity contribution >= 4 is 16.7 Å². The van der Waals surface area contributed by atoms with Crippen molar-refractivity contribution in [3.8, 4) is 5.75 Å². The van der Waals surface area contributed by atoms with Crippen molar-refractivity contribution in [2.75, 3.05) is 0 Å². The summed E-state index contributed by atoms with van der Waals surface area (Å²) in [5.41, 5.74) is 0.695. The number of hydrogen-bond donors (Lipinski definition) is 0. The lowest BCUT2D eigenvalue weighted by Gasteiger charge is -2.49. The molecule has 0 radical (unpaired) electrons. The van der Waals surface area contributed by atoms with E-state index in [9.17, 15) is 4.79 Å². The lowest BCUT2D eigenvalue weighted by atomic mass is 9.57. The van der Waals surface area contributed by atoms with E-state index in [0.717, 1.165) is 42.3 Å². The third-order valence-electron chi connectivity index (χ3n) is 5.15. The van der Waals surface area contributed by atoms with Crippen LogP contribution in [0.15, 0.2) is 36.5 Å². The van der Waals surface area contributed by atoms with Gasteiger partial charge in [0.05, 0.1) is 5.41 Å². The highest BCUT2D eigenvalue weighted by Crippen LogP contribution is 2.50. The first-order valence-electron chi connectivity index (χ1n) is 7.83. The molecule has 1 aromatic heterocycles. The first-order chi connectivity index (χ1) is 10.3. The molecular formula is C18H19NO2. The molecular weight excluding hydrogens is 262 g/mol. The topological polar surface area (TPSA) is 39.2 Å². The van der Waals surface area contributed by atoms with Crippen molar-refractivity contribution in [1.82, 2.24) is 4.98 Å². The van der Waals surface area contributed by atoms with Gasteiger partial charge in [-0.25, -0.2) is 0 Å². The molecule has 108 valence electrons. The quantitative estimate of drug-likeness (QED) is 0.838. The van der Waals surface area contributed by atoms with Crippen molar-refractivity contribution in [1.29, 1.82) is 0 Å². The van der Waals surface area contributed by atoms with Gasteiger partial charge in [0.1, 0.15) is 23.2 Å². The van der Waals surface area contributed by atoms with E-state index in [1.807, 2.05) is 30.3 Å². The minimum Gasteiger partial charge on any atom is -0.487 e. The van der Waals surface area contributed by atoms with Crippen LogP contribution in [0.2, 0.25) is 0 Å². The number of nitrogens with zero attached hydrogens (tertiary/aromatic N) is 1. The van der Waals surface area contributed by atoms with Crippen LogP contribution in [0.25, 0.3) is 10.9 Å². The normalized spacial score (nSPS) is 24.0. The van der Waals surface area contributed by atoms with Crippen LogP contribution in [0.1, 0.15) is 38.5 Å². The smallest absolute Gasteiger partial charge is 0.146 e. The van der Waals surface area contributed by atoms with Gasteiger partial charge in [-0.3, -0.25) is 9.78 Å². The monoisotopic (exact) mass is 281 g/mol. The van der Waals surface area contributed by atoms with Gasteiger partial charge in [-0.1, -0.05) is 37.5 Å². The Bertz CT molecular complexity index is 683. The fourth-order valence-corrected chi connectivity index (χ4v) is 3.88. The van der Waals surface area contributed by atoms with Crippen molar-refractivity contribution in [3.05, 3.63) is 36.5 Å². The molecule has 0 bridgehead atoms. The maximum Gasteiger partial charge on any atom is 0.146 e. The van der Waals surface area contributed by atoms with Gasteiger partial charge in [0.15, 0.2) is 0 Å². The summed E-state index contributed by atoms with van der Waals surface area (Å²) in [6.45, 7) is 0. The zero-order chi connectivity index (χ0) is 14.3. The number of para-hydroxylation sites is 1. The molecule has 2 aromatic rings. The molecule has 4 rings (SSSR count). The summed E-state index contributed by atoms with van der Waals surface area (Å²) < 4.78 is 6.24. The summed E-state index contributed by atoms with van der Waals surface area (Å²) in [4.78, 5) is 16.6. The molecule has 2 aliphatic carbocycles. The van der Waals surface area contributed by atoms with Gasteiger partial charge in [-0.15, -0.1) is 0 Å². The average molecular weight is 281 g/mol. The zero-order valence-electron chi connectivity index (χ0n) is 12.0. The summed E-state index contributed by atoms with van der Waals surface area (Å²) in [7, 11) is 0. The molecule has 21 heavy (non-hydrogen) atoms. The number of carbonyl (C=O) groups is 1. The molecule has 1 atom stereocenters. The molecule has 2 saturated carbocycles. The third kappa shape index (κ3) is 1.95. The van der Waals surface area contributed by atoms with Gasteiger partial charge in [0.2, 0.25) is 0 Å². The molecule has 1 heterocycles. The van der Waals surface area contributed by atoms with E-state index in [-0.39, 0.29) is 11.5 Å². The number of fused-ring (bicyclic) bond motifs is 1. The third-order valence-corrected chi connectivity index (χ3v) is 5.15. The fraction of sp³-hybridized carbons (Fsp3) is 0.444. The lowest BCUT2D eigenvalue weighted by Crippen LogP contribution is -2.57. The first kappa shape index (κ1) is 12.8. The van der Waals surface area contributed by atoms with Gasteiger partial charge >= 0.3 is 0 Å². The Morgan fingerprint density at radius 1 is 1.10 bits per heavy atom. The van der Waals surface area contributed by atoms with Crippen LogP contribution >= 0.6 is 0 Å². The second-order valence-electron chi connectivity index (χ2n) is 6.28. The lowest BCUT2D eigenvalue weighted by molar-refractivity contribution is -0.156. The second-order valence-corrected chi connectivity index (χ2v) is 6.28. The number of rotatable bonds is 2. The standard InChI is InChI=1S/C18H19NO2/c20-15-12-16(18(15)9-2-1-3-10-18)21-14-8-4-6-13-7-5-11-19-17(13)14/h4-8,11,16H,1-3,9-10,12H2. The van der Waals surface area contributed by atoms with Crippen molar-refractivity contribution in [3.63, 3.8) is 0 Å². The van der Waals surface area contributed by atoms with E-state index >= 15 is 0 Å². The minimum atomic E-state index is -0.199. The molecule has 2 fully saturated rings. The maximum atomic E-state index is 12.2. The predicted molar refractivity (Wildman–Crippen MR) is 81.3 cm³/mol. The molecule has 0 N–H and O–H groups in total. The Morgan fingerprint density at radius 3 is 2.71 bits per heavy atom. The number of carbonyl (C=O) groups excluding carboxylic acids is 1. The summed E-state index contributed by atoms with van der Waals surface area (Å²) in [5, 5.41) is 1.08. The number of aromatic nitrogens is 1. The Hall–Kier alpha value is -1.90. The SMILES string of the molecule is O=C1CC(Oc2cccc3cccnc23)C12CCCCC2. The van der Waals surface area contributed by atoms with E-state index in [4.69, 9.17) is 4.74 Å². The second kappa shape index (κ2) is 4.83. The predicted octanol–water partition coefficient (Wildman–Crippen LogP) is 3.91. The number of Topliss-reactive ketones (excluding diaryl/α,β-unsaturated/α-hetero) is 1. The highest BCUT2D eigenvalue weighted by molar-refractivity contribution is 5.93. The highest BCUT2D eigenvalue weighted by atomic mass is 16.5. The van der Waals surface area contributed by atoms with Crippen LogP contribution in [0.4, 0.5) is 0 Å². The summed E-state index contributed by atoms with van der Waals surface area (Å²) in [6, 6.07) is 9.97. The van der Waals surface area contributed by atoms with Crippen LogP contribution in [-0.4, -0.2) is 16.9 Å². The van der Waals surface area contributed by atoms with Crippen molar-refractivity contribution < 1.29 is 9.53 Å². The Balaban J connectivity index is 1.64. The Labute approximate surface area is 124 Å².